The summed E-state index contributed by atoms with van der Waals surface area (Å²) in [5.74, 6) is 3.85. The summed E-state index contributed by atoms with van der Waals surface area (Å²) in [6.07, 6.45) is 10.2. The van der Waals surface area contributed by atoms with Gasteiger partial charge in [0.25, 0.3) is 0 Å². The summed E-state index contributed by atoms with van der Waals surface area (Å²) in [6.45, 7) is 3.73. The maximum absolute atomic E-state index is 5.34. The molecule has 0 amide bonds. The van der Waals surface area contributed by atoms with Crippen molar-refractivity contribution in [1.82, 2.24) is 10.6 Å². The van der Waals surface area contributed by atoms with Crippen molar-refractivity contribution < 1.29 is 4.74 Å². The van der Waals surface area contributed by atoms with Gasteiger partial charge in [-0.1, -0.05) is 11.6 Å². The van der Waals surface area contributed by atoms with Crippen molar-refractivity contribution in [3.8, 4) is 0 Å². The Balaban J connectivity index is 1.35. The molecule has 1 heterocycles. The van der Waals surface area contributed by atoms with Crippen molar-refractivity contribution in [2.75, 3.05) is 33.4 Å². The van der Waals surface area contributed by atoms with E-state index >= 15 is 0 Å². The van der Waals surface area contributed by atoms with Crippen LogP contribution in [0.25, 0.3) is 0 Å². The fourth-order valence-corrected chi connectivity index (χ4v) is 3.34. The number of aliphatic imine (C=N–C) groups is 1. The van der Waals surface area contributed by atoms with E-state index in [2.05, 4.69) is 21.7 Å². The van der Waals surface area contributed by atoms with Crippen LogP contribution in [0.1, 0.15) is 38.5 Å². The lowest BCUT2D eigenvalue weighted by Gasteiger charge is -2.19. The fourth-order valence-electron chi connectivity index (χ4n) is 3.34. The van der Waals surface area contributed by atoms with E-state index in [-0.39, 0.29) is 0 Å². The van der Waals surface area contributed by atoms with Crippen LogP contribution in [0.15, 0.2) is 16.6 Å². The molecule has 0 spiro atoms. The van der Waals surface area contributed by atoms with Crippen LogP contribution in [-0.2, 0) is 4.74 Å². The van der Waals surface area contributed by atoms with Gasteiger partial charge in [0, 0.05) is 20.1 Å². The number of hydrogen-bond acceptors (Lipinski definition) is 2. The van der Waals surface area contributed by atoms with E-state index < -0.39 is 0 Å². The lowest BCUT2D eigenvalue weighted by Crippen LogP contribution is -2.41. The van der Waals surface area contributed by atoms with Gasteiger partial charge in [-0.15, -0.1) is 0 Å². The first-order valence-electron chi connectivity index (χ1n) is 8.57. The lowest BCUT2D eigenvalue weighted by atomic mass is 9.98. The van der Waals surface area contributed by atoms with Gasteiger partial charge in [-0.05, 0) is 56.3 Å². The highest BCUT2D eigenvalue weighted by Crippen LogP contribution is 2.48. The van der Waals surface area contributed by atoms with Gasteiger partial charge >= 0.3 is 0 Å². The Hall–Kier alpha value is -1.03. The molecule has 2 saturated carbocycles. The number of nitrogens with zero attached hydrogens (tertiary/aromatic N) is 1. The number of rotatable bonds is 7. The topological polar surface area (TPSA) is 45.7 Å². The molecule has 1 aliphatic heterocycles. The second-order valence-electron chi connectivity index (χ2n) is 6.66. The monoisotopic (exact) mass is 291 g/mol. The number of ether oxygens (including phenoxy) is 1. The minimum absolute atomic E-state index is 0.784. The van der Waals surface area contributed by atoms with E-state index in [4.69, 9.17) is 4.74 Å². The highest BCUT2D eigenvalue weighted by Gasteiger charge is 2.41. The zero-order chi connectivity index (χ0) is 14.5. The Bertz CT molecular complexity index is 385. The second kappa shape index (κ2) is 7.30. The van der Waals surface area contributed by atoms with E-state index in [0.29, 0.717) is 0 Å². The normalized spacial score (nSPS) is 23.1. The van der Waals surface area contributed by atoms with Gasteiger partial charge in [0.05, 0.1) is 13.2 Å². The molecule has 0 aromatic heterocycles. The van der Waals surface area contributed by atoms with Crippen LogP contribution in [0, 0.1) is 17.8 Å². The molecule has 0 saturated heterocycles. The van der Waals surface area contributed by atoms with E-state index in [0.717, 1.165) is 62.9 Å². The first kappa shape index (κ1) is 14.9. The van der Waals surface area contributed by atoms with Crippen LogP contribution < -0.4 is 10.6 Å². The fraction of sp³-hybridized carbons (Fsp3) is 0.824. The van der Waals surface area contributed by atoms with Crippen molar-refractivity contribution in [3.05, 3.63) is 11.6 Å². The number of hydrogen-bond donors (Lipinski definition) is 2. The van der Waals surface area contributed by atoms with Crippen LogP contribution >= 0.6 is 0 Å². The van der Waals surface area contributed by atoms with Gasteiger partial charge < -0.3 is 15.4 Å². The van der Waals surface area contributed by atoms with Crippen LogP contribution in [0.3, 0.4) is 0 Å². The summed E-state index contributed by atoms with van der Waals surface area (Å²) in [5.41, 5.74) is 1.51. The molecule has 2 aliphatic carbocycles. The first-order chi connectivity index (χ1) is 10.4. The summed E-state index contributed by atoms with van der Waals surface area (Å²) in [6, 6.07) is 0. The third-order valence-corrected chi connectivity index (χ3v) is 4.98. The summed E-state index contributed by atoms with van der Waals surface area (Å²) in [7, 11) is 1.87. The minimum Gasteiger partial charge on any atom is -0.377 e. The predicted molar refractivity (Wildman–Crippen MR) is 86.4 cm³/mol. The Morgan fingerprint density at radius 2 is 2.05 bits per heavy atom. The van der Waals surface area contributed by atoms with E-state index in [1.54, 1.807) is 0 Å². The zero-order valence-corrected chi connectivity index (χ0v) is 13.2. The molecule has 0 bridgehead atoms. The summed E-state index contributed by atoms with van der Waals surface area (Å²) in [5, 5.41) is 6.99. The smallest absolute Gasteiger partial charge is 0.190 e. The van der Waals surface area contributed by atoms with Crippen molar-refractivity contribution in [2.24, 2.45) is 22.7 Å². The highest BCUT2D eigenvalue weighted by atomic mass is 16.5. The predicted octanol–water partition coefficient (Wildman–Crippen LogP) is 2.32. The van der Waals surface area contributed by atoms with Crippen LogP contribution in [-0.4, -0.2) is 39.3 Å². The lowest BCUT2D eigenvalue weighted by molar-refractivity contribution is 0.153. The SMILES string of the molecule is CN=C(NCCC1=CCOCC1)NCC(C1CC1)C1CC1. The maximum Gasteiger partial charge on any atom is 0.190 e. The van der Waals surface area contributed by atoms with Crippen molar-refractivity contribution in [1.29, 1.82) is 0 Å². The van der Waals surface area contributed by atoms with Crippen LogP contribution in [0.2, 0.25) is 0 Å². The third-order valence-electron chi connectivity index (χ3n) is 4.98. The van der Waals surface area contributed by atoms with E-state index in [9.17, 15) is 0 Å². The van der Waals surface area contributed by atoms with Gasteiger partial charge in [-0.25, -0.2) is 0 Å². The molecule has 0 unspecified atom stereocenters. The third kappa shape index (κ3) is 4.73. The Labute approximate surface area is 128 Å². The summed E-state index contributed by atoms with van der Waals surface area (Å²) in [4.78, 5) is 4.35. The Kier molecular flexibility index (Phi) is 5.17. The van der Waals surface area contributed by atoms with Gasteiger partial charge in [0.2, 0.25) is 0 Å². The van der Waals surface area contributed by atoms with Crippen molar-refractivity contribution in [3.63, 3.8) is 0 Å². The van der Waals surface area contributed by atoms with Crippen LogP contribution in [0.5, 0.6) is 0 Å². The number of guanidine groups is 1. The second-order valence-corrected chi connectivity index (χ2v) is 6.66. The molecule has 0 aromatic carbocycles. The molecule has 0 radical (unpaired) electrons. The molecule has 4 nitrogen and oxygen atoms in total. The minimum atomic E-state index is 0.784. The summed E-state index contributed by atoms with van der Waals surface area (Å²) < 4.78 is 5.34. The molecule has 0 atom stereocenters. The quantitative estimate of drug-likeness (QED) is 0.430. The molecule has 2 fully saturated rings. The molecule has 2 N–H and O–H groups in total. The Morgan fingerprint density at radius 1 is 1.29 bits per heavy atom. The molecule has 0 aromatic rings. The van der Waals surface area contributed by atoms with Crippen molar-refractivity contribution in [2.45, 2.75) is 38.5 Å². The number of nitrogens with one attached hydrogen (secondary N) is 2. The molecule has 3 aliphatic rings. The molecular formula is C17H29N3O. The summed E-state index contributed by atoms with van der Waals surface area (Å²) >= 11 is 0. The van der Waals surface area contributed by atoms with Gasteiger partial charge in [-0.3, -0.25) is 4.99 Å². The molecule has 118 valence electrons. The van der Waals surface area contributed by atoms with Gasteiger partial charge in [-0.2, -0.15) is 0 Å². The average Bonchev–Trinajstić information content (AvgIpc) is 3.39. The zero-order valence-electron chi connectivity index (χ0n) is 13.2. The van der Waals surface area contributed by atoms with E-state index in [1.165, 1.54) is 31.3 Å². The standard InChI is InChI=1S/C17H29N3O/c1-18-17(19-9-6-13-7-10-21-11-8-13)20-12-16(14-2-3-14)15-4-5-15/h7,14-16H,2-6,8-12H2,1H3,(H2,18,19,20). The molecule has 4 heteroatoms. The first-order valence-corrected chi connectivity index (χ1v) is 8.57. The highest BCUT2D eigenvalue weighted by molar-refractivity contribution is 5.79. The van der Waals surface area contributed by atoms with Crippen LogP contribution in [0.4, 0.5) is 0 Å². The average molecular weight is 291 g/mol. The Morgan fingerprint density at radius 3 is 2.62 bits per heavy atom. The largest absolute Gasteiger partial charge is 0.377 e. The van der Waals surface area contributed by atoms with E-state index in [1.807, 2.05) is 7.05 Å². The maximum atomic E-state index is 5.34. The van der Waals surface area contributed by atoms with Crippen molar-refractivity contribution >= 4 is 5.96 Å². The molecule has 21 heavy (non-hydrogen) atoms. The van der Waals surface area contributed by atoms with Gasteiger partial charge in [0.1, 0.15) is 0 Å². The molecular weight excluding hydrogens is 262 g/mol. The van der Waals surface area contributed by atoms with Gasteiger partial charge in [0.15, 0.2) is 5.96 Å². The molecule has 3 rings (SSSR count).